The molecule has 5 heteroatoms. The lowest BCUT2D eigenvalue weighted by Gasteiger charge is -2.16. The molecule has 2 atom stereocenters. The zero-order valence-electron chi connectivity index (χ0n) is 10.0. The number of hydrogen-bond donors (Lipinski definition) is 2. The number of hydrogen-bond acceptors (Lipinski definition) is 3. The van der Waals surface area contributed by atoms with Crippen LogP contribution in [-0.2, 0) is 9.19 Å². The minimum Gasteiger partial charge on any atom is -0.323 e. The van der Waals surface area contributed by atoms with Gasteiger partial charge in [-0.05, 0) is 12.3 Å². The number of nitrogens with one attached hydrogen (secondary N) is 1. The third kappa shape index (κ3) is 7.97. The predicted octanol–water partition coefficient (Wildman–Crippen LogP) is 2.93. The average Bonchev–Trinajstić information content (AvgIpc) is 2.23. The fraction of sp³-hybridized carbons (Fsp3) is 1.00. The van der Waals surface area contributed by atoms with Crippen LogP contribution < -0.4 is 5.48 Å². The van der Waals surface area contributed by atoms with Crippen molar-refractivity contribution in [3.05, 3.63) is 0 Å². The van der Waals surface area contributed by atoms with E-state index in [9.17, 15) is 4.57 Å². The lowest BCUT2D eigenvalue weighted by molar-refractivity contribution is 0.148. The van der Waals surface area contributed by atoms with E-state index in [0.717, 1.165) is 12.8 Å². The highest BCUT2D eigenvalue weighted by molar-refractivity contribution is 7.52. The van der Waals surface area contributed by atoms with Crippen LogP contribution in [0.5, 0.6) is 0 Å². The molecule has 0 saturated carbocycles. The van der Waals surface area contributed by atoms with E-state index < -0.39 is 7.60 Å². The molecule has 92 valence electrons. The highest BCUT2D eigenvalue weighted by Gasteiger charge is 2.16. The lowest BCUT2D eigenvalue weighted by atomic mass is 10.00. The molecule has 0 rings (SSSR count). The summed E-state index contributed by atoms with van der Waals surface area (Å²) < 4.78 is 15.9. The van der Waals surface area contributed by atoms with Gasteiger partial charge in [0.2, 0.25) is 0 Å². The Hall–Kier alpha value is 0.110. The Balaban J connectivity index is 3.67. The van der Waals surface area contributed by atoms with Crippen LogP contribution >= 0.6 is 7.60 Å². The average molecular weight is 237 g/mol. The van der Waals surface area contributed by atoms with Gasteiger partial charge in [-0.2, -0.15) is 5.48 Å². The molecule has 0 heterocycles. The van der Waals surface area contributed by atoms with Crippen LogP contribution in [0.3, 0.4) is 0 Å². The van der Waals surface area contributed by atoms with Crippen LogP contribution in [-0.4, -0.2) is 17.6 Å². The van der Waals surface area contributed by atoms with Crippen molar-refractivity contribution in [2.45, 2.75) is 46.5 Å². The van der Waals surface area contributed by atoms with Crippen molar-refractivity contribution >= 4 is 7.60 Å². The summed E-state index contributed by atoms with van der Waals surface area (Å²) in [7, 11) is -3.38. The van der Waals surface area contributed by atoms with E-state index in [4.69, 9.17) is 9.52 Å². The smallest absolute Gasteiger partial charge is 0.323 e. The number of rotatable bonds is 9. The Morgan fingerprint density at radius 2 is 2.07 bits per heavy atom. The van der Waals surface area contributed by atoms with Gasteiger partial charge >= 0.3 is 7.60 Å². The largest absolute Gasteiger partial charge is 0.344 e. The normalized spacial score (nSPS) is 17.3. The standard InChI is InChI=1S/C10H24NO3P/c1-4-7-8-10(5-2)9-11-14-15(12,13)6-3/h10-11H,4-9H2,1-3H3,(H,12,13). The van der Waals surface area contributed by atoms with E-state index in [0.29, 0.717) is 12.5 Å². The maximum atomic E-state index is 11.1. The van der Waals surface area contributed by atoms with Crippen molar-refractivity contribution < 1.29 is 14.1 Å². The Morgan fingerprint density at radius 1 is 1.40 bits per heavy atom. The minimum absolute atomic E-state index is 0.145. The first-order valence-corrected chi connectivity index (χ1v) is 7.55. The highest BCUT2D eigenvalue weighted by atomic mass is 31.2. The van der Waals surface area contributed by atoms with E-state index in [2.05, 4.69) is 19.3 Å². The SMILES string of the molecule is CCCCC(CC)CNOP(=O)(O)CC. The van der Waals surface area contributed by atoms with Crippen LogP contribution in [0.2, 0.25) is 0 Å². The number of unbranched alkanes of at least 4 members (excludes halogenated alkanes) is 1. The fourth-order valence-electron chi connectivity index (χ4n) is 1.26. The molecular formula is C10H24NO3P. The molecule has 0 spiro atoms. The van der Waals surface area contributed by atoms with Gasteiger partial charge in [-0.3, -0.25) is 4.57 Å². The van der Waals surface area contributed by atoms with E-state index >= 15 is 0 Å². The van der Waals surface area contributed by atoms with E-state index in [1.807, 2.05) is 0 Å². The lowest BCUT2D eigenvalue weighted by Crippen LogP contribution is -2.22. The van der Waals surface area contributed by atoms with Gasteiger partial charge in [0.1, 0.15) is 0 Å². The molecule has 2 N–H and O–H groups in total. The topological polar surface area (TPSA) is 58.6 Å². The van der Waals surface area contributed by atoms with E-state index in [1.54, 1.807) is 6.92 Å². The summed E-state index contributed by atoms with van der Waals surface area (Å²) >= 11 is 0. The van der Waals surface area contributed by atoms with Crippen molar-refractivity contribution in [2.75, 3.05) is 12.7 Å². The summed E-state index contributed by atoms with van der Waals surface area (Å²) in [4.78, 5) is 9.16. The van der Waals surface area contributed by atoms with Crippen LogP contribution in [0.4, 0.5) is 0 Å². The third-order valence-corrected chi connectivity index (χ3v) is 3.74. The van der Waals surface area contributed by atoms with Gasteiger partial charge in [0, 0.05) is 12.7 Å². The molecule has 2 unspecified atom stereocenters. The van der Waals surface area contributed by atoms with Gasteiger partial charge in [-0.15, -0.1) is 0 Å². The Bertz CT molecular complexity index is 199. The molecule has 0 saturated heterocycles. The molecular weight excluding hydrogens is 213 g/mol. The summed E-state index contributed by atoms with van der Waals surface area (Å²) in [6, 6.07) is 0. The maximum absolute atomic E-state index is 11.1. The molecule has 15 heavy (non-hydrogen) atoms. The van der Waals surface area contributed by atoms with Crippen molar-refractivity contribution in [1.29, 1.82) is 0 Å². The van der Waals surface area contributed by atoms with Crippen molar-refractivity contribution in [3.63, 3.8) is 0 Å². The number of hydroxylamine groups is 1. The summed E-state index contributed by atoms with van der Waals surface area (Å²) in [5.74, 6) is 0.529. The zero-order valence-corrected chi connectivity index (χ0v) is 10.9. The quantitative estimate of drug-likeness (QED) is 0.478. The van der Waals surface area contributed by atoms with Crippen molar-refractivity contribution in [2.24, 2.45) is 5.92 Å². The summed E-state index contributed by atoms with van der Waals surface area (Å²) in [6.07, 6.45) is 4.74. The van der Waals surface area contributed by atoms with Crippen molar-refractivity contribution in [3.8, 4) is 0 Å². The predicted molar refractivity (Wildman–Crippen MR) is 62.8 cm³/mol. The summed E-state index contributed by atoms with van der Waals surface area (Å²) in [6.45, 7) is 6.58. The van der Waals surface area contributed by atoms with Crippen LogP contribution in [0.15, 0.2) is 0 Å². The Morgan fingerprint density at radius 3 is 2.53 bits per heavy atom. The van der Waals surface area contributed by atoms with Gasteiger partial charge in [0.15, 0.2) is 0 Å². The van der Waals surface area contributed by atoms with Crippen LogP contribution in [0.25, 0.3) is 0 Å². The molecule has 0 aromatic carbocycles. The fourth-order valence-corrected chi connectivity index (χ4v) is 1.67. The van der Waals surface area contributed by atoms with Gasteiger partial charge in [-0.1, -0.05) is 40.0 Å². The Kier molecular flexibility index (Phi) is 8.34. The zero-order chi connectivity index (χ0) is 11.7. The highest BCUT2D eigenvalue weighted by Crippen LogP contribution is 2.39. The molecule has 0 aliphatic carbocycles. The molecule has 0 aliphatic heterocycles. The van der Waals surface area contributed by atoms with Gasteiger partial charge < -0.3 is 4.89 Å². The monoisotopic (exact) mass is 237 g/mol. The van der Waals surface area contributed by atoms with Crippen LogP contribution in [0.1, 0.15) is 46.5 Å². The van der Waals surface area contributed by atoms with Crippen LogP contribution in [0, 0.1) is 5.92 Å². The van der Waals surface area contributed by atoms with Gasteiger partial charge in [-0.25, -0.2) is 4.62 Å². The second-order valence-corrected chi connectivity index (χ2v) is 5.90. The molecule has 0 radical (unpaired) electrons. The van der Waals surface area contributed by atoms with E-state index in [-0.39, 0.29) is 6.16 Å². The maximum Gasteiger partial charge on any atom is 0.344 e. The third-order valence-electron chi connectivity index (χ3n) is 2.52. The molecule has 4 nitrogen and oxygen atoms in total. The van der Waals surface area contributed by atoms with E-state index in [1.165, 1.54) is 12.8 Å². The Labute approximate surface area is 92.9 Å². The first-order chi connectivity index (χ1) is 7.05. The first kappa shape index (κ1) is 15.1. The molecule has 0 amide bonds. The second-order valence-electron chi connectivity index (χ2n) is 3.81. The summed E-state index contributed by atoms with van der Waals surface area (Å²) in [5.41, 5.74) is 2.62. The molecule has 0 aromatic heterocycles. The first-order valence-electron chi connectivity index (χ1n) is 5.79. The molecule has 0 aliphatic rings. The molecule has 0 fully saturated rings. The van der Waals surface area contributed by atoms with Gasteiger partial charge in [0.25, 0.3) is 0 Å². The van der Waals surface area contributed by atoms with Crippen molar-refractivity contribution in [1.82, 2.24) is 5.48 Å². The summed E-state index contributed by atoms with van der Waals surface area (Å²) in [5, 5.41) is 0. The molecule has 0 bridgehead atoms. The second kappa shape index (κ2) is 8.28. The minimum atomic E-state index is -3.38. The van der Waals surface area contributed by atoms with Gasteiger partial charge in [0.05, 0.1) is 0 Å². The molecule has 0 aromatic rings.